The van der Waals surface area contributed by atoms with Crippen LogP contribution in [0.1, 0.15) is 20.8 Å². The van der Waals surface area contributed by atoms with Crippen molar-refractivity contribution in [1.82, 2.24) is 0 Å². The van der Waals surface area contributed by atoms with E-state index in [0.717, 1.165) is 16.2 Å². The molecule has 0 aliphatic rings. The van der Waals surface area contributed by atoms with Crippen molar-refractivity contribution in [2.75, 3.05) is 0 Å². The van der Waals surface area contributed by atoms with Gasteiger partial charge in [-0.3, -0.25) is 4.79 Å². The summed E-state index contributed by atoms with van der Waals surface area (Å²) in [6, 6.07) is 0. The van der Waals surface area contributed by atoms with E-state index < -0.39 is 0 Å². The van der Waals surface area contributed by atoms with E-state index in [1.165, 1.54) is 0 Å². The van der Waals surface area contributed by atoms with Gasteiger partial charge in [-0.2, -0.15) is 0 Å². The van der Waals surface area contributed by atoms with E-state index in [2.05, 4.69) is 0 Å². The number of carbonyl (C=O) groups excluding carboxylic acids is 1. The number of rotatable bonds is 0. The van der Waals surface area contributed by atoms with Crippen LogP contribution in [0.2, 0.25) is 0 Å². The fraction of sp³-hybridized carbons (Fsp3) is 0.600. The highest BCUT2D eigenvalue weighted by Crippen LogP contribution is 1.89. The lowest BCUT2D eigenvalue weighted by atomic mass is 10.6. The van der Waals surface area contributed by atoms with E-state index in [9.17, 15) is 4.79 Å². The summed E-state index contributed by atoms with van der Waals surface area (Å²) >= 11 is 0.855. The molecule has 0 fully saturated rings. The molecule has 0 aliphatic carbocycles. The van der Waals surface area contributed by atoms with Crippen LogP contribution in [-0.2, 0) is 4.79 Å². The fourth-order valence-corrected chi connectivity index (χ4v) is 0.945. The van der Waals surface area contributed by atoms with E-state index in [0.29, 0.717) is 0 Å². The van der Waals surface area contributed by atoms with Crippen molar-refractivity contribution in [3.05, 3.63) is 0 Å². The van der Waals surface area contributed by atoms with Crippen LogP contribution in [0.5, 0.6) is 0 Å². The molecule has 0 aliphatic heterocycles. The van der Waals surface area contributed by atoms with Gasteiger partial charge in [0.15, 0.2) is 5.12 Å². The predicted octanol–water partition coefficient (Wildman–Crippen LogP) is 1.21. The molecule has 7 heavy (non-hydrogen) atoms. The number of thiol groups is 1. The number of hydrogen-bond donors (Lipinski definition) is 1. The van der Waals surface area contributed by atoms with Crippen LogP contribution in [0, 0.1) is 0 Å². The Hall–Kier alpha value is -0.110. The molecular formula is C5H10OS. The van der Waals surface area contributed by atoms with Crippen LogP contribution in [-0.4, -0.2) is 9.98 Å². The summed E-state index contributed by atoms with van der Waals surface area (Å²) in [6.07, 6.45) is 0. The Morgan fingerprint density at radius 3 is 1.71 bits per heavy atom. The minimum Gasteiger partial charge on any atom is -0.288 e. The first-order chi connectivity index (χ1) is 3.13. The molecule has 0 bridgehead atoms. The van der Waals surface area contributed by atoms with Gasteiger partial charge in [-0.1, -0.05) is 0 Å². The molecule has 0 unspecified atom stereocenters. The van der Waals surface area contributed by atoms with Crippen molar-refractivity contribution >= 4 is 21.3 Å². The largest absolute Gasteiger partial charge is 0.288 e. The zero-order valence-electron chi connectivity index (χ0n) is 4.86. The highest BCUT2D eigenvalue weighted by atomic mass is 32.1. The molecule has 0 N–H and O–H groups in total. The average molecular weight is 118 g/mol. The van der Waals surface area contributed by atoms with Gasteiger partial charge in [0, 0.05) is 6.92 Å². The summed E-state index contributed by atoms with van der Waals surface area (Å²) in [5.41, 5.74) is 0. The maximum Gasteiger partial charge on any atom is 0.177 e. The van der Waals surface area contributed by atoms with E-state index in [1.54, 1.807) is 6.92 Å². The van der Waals surface area contributed by atoms with Crippen molar-refractivity contribution in [2.24, 2.45) is 0 Å². The summed E-state index contributed by atoms with van der Waals surface area (Å²) in [6.45, 7) is 5.49. The summed E-state index contributed by atoms with van der Waals surface area (Å²) in [5.74, 6) is 0. The van der Waals surface area contributed by atoms with Gasteiger partial charge in [0.05, 0.1) is 0 Å². The lowest BCUT2D eigenvalue weighted by molar-refractivity contribution is -0.109. The first kappa shape index (κ1) is 6.89. The third kappa shape index (κ3) is 5.89. The second kappa shape index (κ2) is 2.97. The smallest absolute Gasteiger partial charge is 0.177 e. The normalized spacial score (nSPS) is 8.43. The first-order valence-electron chi connectivity index (χ1n) is 2.15. The Morgan fingerprint density at radius 2 is 1.71 bits per heavy atom. The van der Waals surface area contributed by atoms with Crippen LogP contribution in [0.4, 0.5) is 0 Å². The van der Waals surface area contributed by atoms with Crippen molar-refractivity contribution < 1.29 is 4.79 Å². The molecule has 0 saturated carbocycles. The SMILES string of the molecule is CC(=O)[SH]=C(C)C. The molecule has 0 spiro atoms. The molecule has 0 aromatic heterocycles. The Balaban J connectivity index is 3.68. The Morgan fingerprint density at radius 1 is 1.29 bits per heavy atom. The number of hydrogen-bond acceptors (Lipinski definition) is 1. The van der Waals surface area contributed by atoms with Crippen LogP contribution in [0.25, 0.3) is 0 Å². The lowest BCUT2D eigenvalue weighted by Gasteiger charge is -1.81. The highest BCUT2D eigenvalue weighted by Gasteiger charge is 1.79. The summed E-state index contributed by atoms with van der Waals surface area (Å²) in [5, 5.41) is 0.222. The zero-order chi connectivity index (χ0) is 5.86. The van der Waals surface area contributed by atoms with Crippen molar-refractivity contribution in [3.63, 3.8) is 0 Å². The molecule has 0 amide bonds. The monoisotopic (exact) mass is 118 g/mol. The van der Waals surface area contributed by atoms with Crippen LogP contribution >= 0.6 is 11.4 Å². The van der Waals surface area contributed by atoms with E-state index >= 15 is 0 Å². The van der Waals surface area contributed by atoms with Gasteiger partial charge in [0.2, 0.25) is 0 Å². The molecule has 1 nitrogen and oxygen atoms in total. The van der Waals surface area contributed by atoms with Gasteiger partial charge >= 0.3 is 0 Å². The summed E-state index contributed by atoms with van der Waals surface area (Å²) in [7, 11) is 0. The molecule has 42 valence electrons. The van der Waals surface area contributed by atoms with Gasteiger partial charge in [0.25, 0.3) is 0 Å². The molecule has 0 atom stereocenters. The third-order valence-electron chi connectivity index (χ3n) is 0.381. The summed E-state index contributed by atoms with van der Waals surface area (Å²) in [4.78, 5) is 11.4. The minimum atomic E-state index is 0.222. The second-order valence-electron chi connectivity index (χ2n) is 1.58. The molecule has 0 saturated heterocycles. The first-order valence-corrected chi connectivity index (χ1v) is 3.05. The topological polar surface area (TPSA) is 17.1 Å². The van der Waals surface area contributed by atoms with Crippen molar-refractivity contribution in [3.8, 4) is 0 Å². The minimum absolute atomic E-state index is 0.222. The molecular weight excluding hydrogens is 108 g/mol. The van der Waals surface area contributed by atoms with Crippen molar-refractivity contribution in [1.29, 1.82) is 0 Å². The molecule has 0 aromatic rings. The maximum atomic E-state index is 10.2. The second-order valence-corrected chi connectivity index (χ2v) is 3.33. The van der Waals surface area contributed by atoms with E-state index in [4.69, 9.17) is 0 Å². The summed E-state index contributed by atoms with van der Waals surface area (Å²) < 4.78 is 0. The molecule has 0 rings (SSSR count). The fourth-order valence-electron chi connectivity index (χ4n) is 0.315. The molecule has 0 aromatic carbocycles. The van der Waals surface area contributed by atoms with E-state index in [1.807, 2.05) is 13.8 Å². The molecule has 0 radical (unpaired) electrons. The standard InChI is InChI=1S/C5H10OS/c1-4(2)7-5(3)6/h7H,1-3H3. The molecule has 0 heterocycles. The van der Waals surface area contributed by atoms with Gasteiger partial charge in [-0.15, -0.1) is 11.4 Å². The van der Waals surface area contributed by atoms with Crippen LogP contribution in [0.15, 0.2) is 0 Å². The predicted molar refractivity (Wildman–Crippen MR) is 36.0 cm³/mol. The number of carbonyl (C=O) groups is 1. The Bertz CT molecular complexity index is 101. The maximum absolute atomic E-state index is 10.2. The van der Waals surface area contributed by atoms with Crippen LogP contribution in [0.3, 0.4) is 0 Å². The molecule has 2 heteroatoms. The van der Waals surface area contributed by atoms with Gasteiger partial charge < -0.3 is 0 Å². The van der Waals surface area contributed by atoms with Gasteiger partial charge in [-0.25, -0.2) is 0 Å². The Labute approximate surface area is 47.7 Å². The average Bonchev–Trinajstić information content (AvgIpc) is 1.27. The Kier molecular flexibility index (Phi) is 2.92. The van der Waals surface area contributed by atoms with Gasteiger partial charge in [0.1, 0.15) is 0 Å². The lowest BCUT2D eigenvalue weighted by Crippen LogP contribution is -1.80. The highest BCUT2D eigenvalue weighted by molar-refractivity contribution is 8.12. The van der Waals surface area contributed by atoms with Gasteiger partial charge in [-0.05, 0) is 18.7 Å². The zero-order valence-corrected chi connectivity index (χ0v) is 5.75. The van der Waals surface area contributed by atoms with Crippen LogP contribution < -0.4 is 0 Å². The van der Waals surface area contributed by atoms with E-state index in [-0.39, 0.29) is 5.12 Å². The van der Waals surface area contributed by atoms with Crippen molar-refractivity contribution in [2.45, 2.75) is 20.8 Å². The third-order valence-corrected chi connectivity index (χ3v) is 1.14. The quantitative estimate of drug-likeness (QED) is 0.374.